The normalized spacial score (nSPS) is 12.2. The molecule has 0 aliphatic carbocycles. The lowest BCUT2D eigenvalue weighted by Gasteiger charge is -2.24. The third-order valence-electron chi connectivity index (χ3n) is 2.47. The molecule has 0 radical (unpaired) electrons. The number of urea groups is 1. The van der Waals surface area contributed by atoms with Crippen molar-refractivity contribution in [1.29, 1.82) is 0 Å². The van der Waals surface area contributed by atoms with Crippen LogP contribution in [0.1, 0.15) is 13.3 Å². The fraction of sp³-hybridized carbons (Fsp3) is 0.727. The van der Waals surface area contributed by atoms with Gasteiger partial charge in [0, 0.05) is 14.2 Å². The van der Waals surface area contributed by atoms with Gasteiger partial charge in [0.1, 0.15) is 12.3 Å². The fourth-order valence-electron chi connectivity index (χ4n) is 1.38. The molecule has 0 heterocycles. The van der Waals surface area contributed by atoms with Crippen molar-refractivity contribution in [3.63, 3.8) is 0 Å². The summed E-state index contributed by atoms with van der Waals surface area (Å²) in [7, 11) is -0.382. The van der Waals surface area contributed by atoms with Crippen LogP contribution in [0.15, 0.2) is 0 Å². The lowest BCUT2D eigenvalue weighted by atomic mass is 10.4. The predicted molar refractivity (Wildman–Crippen MR) is 75.2 cm³/mol. The summed E-state index contributed by atoms with van der Waals surface area (Å²) in [4.78, 5) is 34.2. The number of ether oxygens (including phenoxy) is 2. The summed E-state index contributed by atoms with van der Waals surface area (Å²) in [5.74, 6) is -2.62. The summed E-state index contributed by atoms with van der Waals surface area (Å²) in [6, 6.07) is -0.837. The van der Waals surface area contributed by atoms with Crippen LogP contribution < -0.4 is 10.6 Å². The molecule has 2 N–H and O–H groups in total. The van der Waals surface area contributed by atoms with E-state index in [2.05, 4.69) is 20.1 Å². The van der Waals surface area contributed by atoms with Crippen LogP contribution in [-0.4, -0.2) is 58.2 Å². The van der Waals surface area contributed by atoms with Gasteiger partial charge in [-0.1, -0.05) is 0 Å². The smallest absolute Gasteiger partial charge is 0.352 e. The maximum Gasteiger partial charge on any atom is 0.352 e. The molecule has 0 aromatic heterocycles. The molecule has 11 heteroatoms. The minimum Gasteiger partial charge on any atom is -0.469 e. The van der Waals surface area contributed by atoms with E-state index in [1.165, 1.54) is 0 Å². The van der Waals surface area contributed by atoms with Crippen LogP contribution in [0.4, 0.5) is 4.79 Å². The standard InChI is InChI=1S/C11H21N2O8P/c1-5-21-10(15)7-12-11(16)13-8(6-9(14)18-2)22(17,19-3)20-4/h8H,5-7H2,1-4H3,(H2,12,13,16). The zero-order valence-electron chi connectivity index (χ0n) is 12.9. The number of methoxy groups -OCH3 is 1. The molecule has 0 aliphatic heterocycles. The molecule has 128 valence electrons. The summed E-state index contributed by atoms with van der Waals surface area (Å²) in [6.45, 7) is 1.42. The third kappa shape index (κ3) is 6.88. The van der Waals surface area contributed by atoms with Gasteiger partial charge >= 0.3 is 25.6 Å². The largest absolute Gasteiger partial charge is 0.469 e. The van der Waals surface area contributed by atoms with Crippen molar-refractivity contribution in [2.24, 2.45) is 0 Å². The van der Waals surface area contributed by atoms with Gasteiger partial charge in [0.25, 0.3) is 0 Å². The van der Waals surface area contributed by atoms with Crippen molar-refractivity contribution >= 4 is 25.6 Å². The van der Waals surface area contributed by atoms with Crippen LogP contribution in [0.5, 0.6) is 0 Å². The molecule has 0 aromatic carbocycles. The highest BCUT2D eigenvalue weighted by Gasteiger charge is 2.37. The molecular weight excluding hydrogens is 319 g/mol. The van der Waals surface area contributed by atoms with Gasteiger partial charge in [-0.3, -0.25) is 14.2 Å². The molecule has 0 spiro atoms. The Morgan fingerprint density at radius 3 is 2.14 bits per heavy atom. The molecule has 1 unspecified atom stereocenters. The van der Waals surface area contributed by atoms with E-state index in [0.717, 1.165) is 21.3 Å². The van der Waals surface area contributed by atoms with Crippen molar-refractivity contribution in [3.05, 3.63) is 0 Å². The minimum atomic E-state index is -3.76. The van der Waals surface area contributed by atoms with Crippen LogP contribution in [-0.2, 0) is 32.7 Å². The van der Waals surface area contributed by atoms with Crippen molar-refractivity contribution in [2.75, 3.05) is 34.5 Å². The van der Waals surface area contributed by atoms with E-state index in [9.17, 15) is 18.9 Å². The maximum atomic E-state index is 12.3. The molecule has 0 bridgehead atoms. The maximum absolute atomic E-state index is 12.3. The van der Waals surface area contributed by atoms with Crippen molar-refractivity contribution in [3.8, 4) is 0 Å². The molecule has 10 nitrogen and oxygen atoms in total. The Bertz CT molecular complexity index is 434. The molecule has 0 saturated heterocycles. The van der Waals surface area contributed by atoms with Crippen LogP contribution in [0, 0.1) is 0 Å². The zero-order chi connectivity index (χ0) is 17.2. The van der Waals surface area contributed by atoms with Gasteiger partial charge in [-0.2, -0.15) is 0 Å². The van der Waals surface area contributed by atoms with Crippen LogP contribution in [0.2, 0.25) is 0 Å². The molecule has 22 heavy (non-hydrogen) atoms. The summed E-state index contributed by atoms with van der Waals surface area (Å²) in [5.41, 5.74) is 0. The summed E-state index contributed by atoms with van der Waals surface area (Å²) in [6.07, 6.45) is -0.428. The topological polar surface area (TPSA) is 129 Å². The van der Waals surface area contributed by atoms with Crippen molar-refractivity contribution < 1.29 is 37.5 Å². The lowest BCUT2D eigenvalue weighted by Crippen LogP contribution is -2.45. The minimum absolute atomic E-state index is 0.176. The SMILES string of the molecule is CCOC(=O)CNC(=O)NC(CC(=O)OC)P(=O)(OC)OC. The highest BCUT2D eigenvalue weighted by atomic mass is 31.2. The quantitative estimate of drug-likeness (QED) is 0.450. The van der Waals surface area contributed by atoms with Gasteiger partial charge in [-0.25, -0.2) is 4.79 Å². The fourth-order valence-corrected chi connectivity index (χ4v) is 2.69. The van der Waals surface area contributed by atoms with E-state index >= 15 is 0 Å². The van der Waals surface area contributed by atoms with E-state index in [-0.39, 0.29) is 13.2 Å². The number of hydrogen-bond acceptors (Lipinski definition) is 8. The van der Waals surface area contributed by atoms with Gasteiger partial charge in [0.15, 0.2) is 0 Å². The van der Waals surface area contributed by atoms with Crippen molar-refractivity contribution in [2.45, 2.75) is 19.1 Å². The number of carbonyl (C=O) groups excluding carboxylic acids is 3. The second-order valence-electron chi connectivity index (χ2n) is 3.83. The first-order chi connectivity index (χ1) is 10.3. The second kappa shape index (κ2) is 10.1. The second-order valence-corrected chi connectivity index (χ2v) is 6.27. The van der Waals surface area contributed by atoms with Crippen molar-refractivity contribution in [1.82, 2.24) is 10.6 Å². The Morgan fingerprint density at radius 1 is 1.09 bits per heavy atom. The molecule has 0 fully saturated rings. The lowest BCUT2D eigenvalue weighted by molar-refractivity contribution is -0.142. The monoisotopic (exact) mass is 340 g/mol. The first-order valence-corrected chi connectivity index (χ1v) is 7.92. The number of amides is 2. The molecule has 0 aromatic rings. The van der Waals surface area contributed by atoms with E-state index < -0.39 is 37.8 Å². The summed E-state index contributed by atoms with van der Waals surface area (Å²) >= 11 is 0. The Hall–Kier alpha value is -1.64. The average molecular weight is 340 g/mol. The van der Waals surface area contributed by atoms with Gasteiger partial charge < -0.3 is 29.2 Å². The zero-order valence-corrected chi connectivity index (χ0v) is 13.8. The Kier molecular flexibility index (Phi) is 9.39. The number of rotatable bonds is 9. The number of carbonyl (C=O) groups is 3. The molecule has 1 atom stereocenters. The average Bonchev–Trinajstić information content (AvgIpc) is 2.51. The van der Waals surface area contributed by atoms with E-state index in [1.807, 2.05) is 0 Å². The summed E-state index contributed by atoms with van der Waals surface area (Å²) < 4.78 is 30.9. The molecule has 0 saturated carbocycles. The number of hydrogen-bond donors (Lipinski definition) is 2. The third-order valence-corrected chi connectivity index (χ3v) is 4.57. The number of esters is 2. The van der Waals surface area contributed by atoms with Crippen LogP contribution >= 0.6 is 7.60 Å². The van der Waals surface area contributed by atoms with Gasteiger partial charge in [0.2, 0.25) is 0 Å². The highest BCUT2D eigenvalue weighted by Crippen LogP contribution is 2.51. The molecule has 0 rings (SSSR count). The molecule has 2 amide bonds. The Balaban J connectivity index is 4.76. The molecular formula is C11H21N2O8P. The first kappa shape index (κ1) is 20.4. The van der Waals surface area contributed by atoms with Crippen LogP contribution in [0.3, 0.4) is 0 Å². The van der Waals surface area contributed by atoms with Gasteiger partial charge in [-0.05, 0) is 6.92 Å². The summed E-state index contributed by atoms with van der Waals surface area (Å²) in [5, 5.41) is 4.45. The highest BCUT2D eigenvalue weighted by molar-refractivity contribution is 7.54. The van der Waals surface area contributed by atoms with Gasteiger partial charge in [-0.15, -0.1) is 0 Å². The first-order valence-electron chi connectivity index (χ1n) is 6.30. The van der Waals surface area contributed by atoms with E-state index in [1.54, 1.807) is 6.92 Å². The Morgan fingerprint density at radius 2 is 1.68 bits per heavy atom. The van der Waals surface area contributed by atoms with E-state index in [0.29, 0.717) is 0 Å². The van der Waals surface area contributed by atoms with Gasteiger partial charge in [0.05, 0.1) is 20.1 Å². The molecule has 0 aliphatic rings. The number of nitrogens with one attached hydrogen (secondary N) is 2. The predicted octanol–water partition coefficient (Wildman–Crippen LogP) is 0.224. The van der Waals surface area contributed by atoms with Crippen LogP contribution in [0.25, 0.3) is 0 Å². The Labute approximate surface area is 128 Å². The van der Waals surface area contributed by atoms with E-state index in [4.69, 9.17) is 9.05 Å².